The number of carbonyl (C=O) groups is 1. The van der Waals surface area contributed by atoms with E-state index in [9.17, 15) is 4.79 Å². The van der Waals surface area contributed by atoms with Crippen LogP contribution in [0.1, 0.15) is 44.2 Å². The summed E-state index contributed by atoms with van der Waals surface area (Å²) >= 11 is 0. The van der Waals surface area contributed by atoms with E-state index in [0.29, 0.717) is 6.54 Å². The lowest BCUT2D eigenvalue weighted by atomic mass is 9.64. The predicted octanol–water partition coefficient (Wildman–Crippen LogP) is 4.69. The molecule has 1 aliphatic rings. The molecule has 3 rings (SSSR count). The first-order valence-electron chi connectivity index (χ1n) is 10.4. The number of carbonyl (C=O) groups excluding carboxylic acids is 1. The molecule has 0 spiro atoms. The topological polar surface area (TPSA) is 65.5 Å². The molecule has 0 radical (unpaired) electrons. The molecule has 2 aromatic rings. The van der Waals surface area contributed by atoms with Gasteiger partial charge in [0.15, 0.2) is 5.96 Å². The van der Waals surface area contributed by atoms with Crippen LogP contribution >= 0.6 is 24.0 Å². The summed E-state index contributed by atoms with van der Waals surface area (Å²) in [5.74, 6) is 0.814. The van der Waals surface area contributed by atoms with Crippen molar-refractivity contribution in [2.75, 3.05) is 18.9 Å². The fourth-order valence-corrected chi connectivity index (χ4v) is 3.61. The Labute approximate surface area is 197 Å². The minimum absolute atomic E-state index is 0. The Morgan fingerprint density at radius 3 is 2.23 bits per heavy atom. The van der Waals surface area contributed by atoms with Crippen LogP contribution in [0, 0.1) is 5.92 Å². The van der Waals surface area contributed by atoms with Crippen molar-refractivity contribution in [3.8, 4) is 0 Å². The third kappa shape index (κ3) is 6.20. The molecule has 5 nitrogen and oxygen atoms in total. The van der Waals surface area contributed by atoms with Gasteiger partial charge in [0.05, 0.1) is 0 Å². The zero-order valence-corrected chi connectivity index (χ0v) is 20.4. The molecule has 30 heavy (non-hydrogen) atoms. The molecule has 0 aliphatic heterocycles. The number of hydrogen-bond acceptors (Lipinski definition) is 2. The maximum atomic E-state index is 11.8. The molecule has 2 aromatic carbocycles. The molecule has 1 amide bonds. The molecule has 3 N–H and O–H groups in total. The first kappa shape index (κ1) is 24.2. The third-order valence-corrected chi connectivity index (χ3v) is 5.72. The van der Waals surface area contributed by atoms with Gasteiger partial charge >= 0.3 is 0 Å². The lowest BCUT2D eigenvalue weighted by Crippen LogP contribution is -2.48. The predicted molar refractivity (Wildman–Crippen MR) is 135 cm³/mol. The maximum absolute atomic E-state index is 11.8. The Morgan fingerprint density at radius 1 is 1.03 bits per heavy atom. The van der Waals surface area contributed by atoms with E-state index in [0.717, 1.165) is 23.8 Å². The number of aliphatic imine (C=N–C) groups is 1. The van der Waals surface area contributed by atoms with Crippen LogP contribution in [0.15, 0.2) is 59.6 Å². The van der Waals surface area contributed by atoms with Crippen LogP contribution in [0.2, 0.25) is 0 Å². The summed E-state index contributed by atoms with van der Waals surface area (Å²) in [6.07, 6.45) is 3.71. The van der Waals surface area contributed by atoms with Gasteiger partial charge in [-0.1, -0.05) is 62.7 Å². The van der Waals surface area contributed by atoms with Crippen LogP contribution in [-0.4, -0.2) is 25.5 Å². The Kier molecular flexibility index (Phi) is 9.14. The summed E-state index contributed by atoms with van der Waals surface area (Å²) in [7, 11) is 1.80. The highest BCUT2D eigenvalue weighted by molar-refractivity contribution is 14.0. The van der Waals surface area contributed by atoms with E-state index in [4.69, 9.17) is 0 Å². The molecule has 0 heterocycles. The monoisotopic (exact) mass is 520 g/mol. The SMILES string of the molecule is CN=C(NCc1ccc(NC(=O)C(C)C)cc1)NCC1(c2ccccc2)CCC1.I. The maximum Gasteiger partial charge on any atom is 0.226 e. The van der Waals surface area contributed by atoms with Crippen molar-refractivity contribution in [2.45, 2.75) is 45.1 Å². The summed E-state index contributed by atoms with van der Waals surface area (Å²) in [4.78, 5) is 16.2. The van der Waals surface area contributed by atoms with E-state index in [1.807, 2.05) is 38.1 Å². The van der Waals surface area contributed by atoms with Crippen molar-refractivity contribution >= 4 is 41.5 Å². The minimum atomic E-state index is -0.0272. The molecule has 1 fully saturated rings. The molecule has 0 aromatic heterocycles. The minimum Gasteiger partial charge on any atom is -0.356 e. The summed E-state index contributed by atoms with van der Waals surface area (Å²) in [6, 6.07) is 18.7. The van der Waals surface area contributed by atoms with Crippen LogP contribution in [-0.2, 0) is 16.8 Å². The van der Waals surface area contributed by atoms with Gasteiger partial charge in [-0.3, -0.25) is 9.79 Å². The van der Waals surface area contributed by atoms with Crippen molar-refractivity contribution in [3.05, 3.63) is 65.7 Å². The lowest BCUT2D eigenvalue weighted by molar-refractivity contribution is -0.118. The van der Waals surface area contributed by atoms with Gasteiger partial charge in [-0.05, 0) is 36.1 Å². The van der Waals surface area contributed by atoms with E-state index in [1.54, 1.807) is 7.05 Å². The van der Waals surface area contributed by atoms with Crippen LogP contribution in [0.5, 0.6) is 0 Å². The Bertz CT molecular complexity index is 830. The second kappa shape index (κ2) is 11.3. The second-order valence-corrected chi connectivity index (χ2v) is 8.12. The van der Waals surface area contributed by atoms with E-state index in [1.165, 1.54) is 24.8 Å². The van der Waals surface area contributed by atoms with E-state index >= 15 is 0 Å². The van der Waals surface area contributed by atoms with Crippen molar-refractivity contribution in [1.82, 2.24) is 10.6 Å². The first-order valence-corrected chi connectivity index (χ1v) is 10.4. The van der Waals surface area contributed by atoms with Gasteiger partial charge in [0.1, 0.15) is 0 Å². The van der Waals surface area contributed by atoms with Gasteiger partial charge in [0, 0.05) is 37.2 Å². The number of rotatable bonds is 7. The number of nitrogens with zero attached hydrogens (tertiary/aromatic N) is 1. The zero-order valence-electron chi connectivity index (χ0n) is 18.1. The average Bonchev–Trinajstić information content (AvgIpc) is 2.71. The van der Waals surface area contributed by atoms with Crippen LogP contribution < -0.4 is 16.0 Å². The fraction of sp³-hybridized carbons (Fsp3) is 0.417. The van der Waals surface area contributed by atoms with Gasteiger partial charge in [-0.25, -0.2) is 0 Å². The number of hydrogen-bond donors (Lipinski definition) is 3. The molecule has 0 unspecified atom stereocenters. The summed E-state index contributed by atoms with van der Waals surface area (Å²) in [6.45, 7) is 5.34. The Hall–Kier alpha value is -2.09. The molecule has 0 saturated heterocycles. The quantitative estimate of drug-likeness (QED) is 0.282. The number of halogens is 1. The van der Waals surface area contributed by atoms with Crippen molar-refractivity contribution in [1.29, 1.82) is 0 Å². The highest BCUT2D eigenvalue weighted by atomic mass is 127. The standard InChI is InChI=1S/C24H32N4O.HI/c1-18(2)22(29)28-21-12-10-19(11-13-21)16-26-23(25-3)27-17-24(14-7-15-24)20-8-5-4-6-9-20;/h4-6,8-13,18H,7,14-17H2,1-3H3,(H,28,29)(H2,25,26,27);1H. The smallest absolute Gasteiger partial charge is 0.226 e. The molecular weight excluding hydrogens is 487 g/mol. The molecule has 1 aliphatic carbocycles. The number of amides is 1. The Morgan fingerprint density at radius 2 is 1.70 bits per heavy atom. The van der Waals surface area contributed by atoms with E-state index in [2.05, 4.69) is 51.3 Å². The lowest BCUT2D eigenvalue weighted by Gasteiger charge is -2.43. The average molecular weight is 520 g/mol. The summed E-state index contributed by atoms with van der Waals surface area (Å²) in [5, 5.41) is 9.82. The van der Waals surface area contributed by atoms with Crippen LogP contribution in [0.25, 0.3) is 0 Å². The van der Waals surface area contributed by atoms with Gasteiger partial charge in [-0.15, -0.1) is 24.0 Å². The van der Waals surface area contributed by atoms with Crippen LogP contribution in [0.4, 0.5) is 5.69 Å². The fourth-order valence-electron chi connectivity index (χ4n) is 3.61. The van der Waals surface area contributed by atoms with Gasteiger partial charge in [-0.2, -0.15) is 0 Å². The van der Waals surface area contributed by atoms with Gasteiger partial charge in [0.25, 0.3) is 0 Å². The van der Waals surface area contributed by atoms with E-state index in [-0.39, 0.29) is 41.2 Å². The Balaban J connectivity index is 0.00000320. The van der Waals surface area contributed by atoms with Crippen LogP contribution in [0.3, 0.4) is 0 Å². The van der Waals surface area contributed by atoms with Gasteiger partial charge in [0.2, 0.25) is 5.91 Å². The highest BCUT2D eigenvalue weighted by Crippen LogP contribution is 2.43. The molecule has 1 saturated carbocycles. The number of nitrogens with one attached hydrogen (secondary N) is 3. The second-order valence-electron chi connectivity index (χ2n) is 8.12. The normalized spacial score (nSPS) is 15.0. The molecule has 0 bridgehead atoms. The largest absolute Gasteiger partial charge is 0.356 e. The summed E-state index contributed by atoms with van der Waals surface area (Å²) < 4.78 is 0. The molecular formula is C24H33IN4O. The summed E-state index contributed by atoms with van der Waals surface area (Å²) in [5.41, 5.74) is 3.59. The zero-order chi connectivity index (χ0) is 20.7. The van der Waals surface area contributed by atoms with Gasteiger partial charge < -0.3 is 16.0 Å². The van der Waals surface area contributed by atoms with Crippen molar-refractivity contribution < 1.29 is 4.79 Å². The first-order chi connectivity index (χ1) is 14.0. The molecule has 162 valence electrons. The number of benzene rings is 2. The highest BCUT2D eigenvalue weighted by Gasteiger charge is 2.38. The van der Waals surface area contributed by atoms with E-state index < -0.39 is 0 Å². The molecule has 6 heteroatoms. The third-order valence-electron chi connectivity index (χ3n) is 5.72. The molecule has 0 atom stereocenters. The number of anilines is 1. The number of guanidine groups is 1. The van der Waals surface area contributed by atoms with Crippen molar-refractivity contribution in [2.24, 2.45) is 10.9 Å². The van der Waals surface area contributed by atoms with Crippen molar-refractivity contribution in [3.63, 3.8) is 0 Å².